The fourth-order valence-corrected chi connectivity index (χ4v) is 5.91. The summed E-state index contributed by atoms with van der Waals surface area (Å²) < 4.78 is 19.4. The van der Waals surface area contributed by atoms with Crippen molar-refractivity contribution in [2.24, 2.45) is 7.05 Å². The number of ether oxygens (including phenoxy) is 3. The number of aromatic nitrogens is 5. The standard InChI is InChI=1S/C26H29N7O5S/c1-31-18(14-29-26(31)33(34)35)16-37-20-12-21-22(28-15-20)13-23(32-7-9-36-10-8-32)30-24(21)38-19-4-2-17(3-5-19)25-27-6-11-39-25/h6,11-15,17,19H,2-5,7-10,16H2,1H3. The number of hydrogen-bond donors (Lipinski definition) is 0. The predicted molar refractivity (Wildman–Crippen MR) is 145 cm³/mol. The van der Waals surface area contributed by atoms with E-state index < -0.39 is 4.92 Å². The van der Waals surface area contributed by atoms with Crippen LogP contribution >= 0.6 is 11.3 Å². The van der Waals surface area contributed by atoms with Crippen molar-refractivity contribution < 1.29 is 19.1 Å². The maximum atomic E-state index is 11.1. The normalized spacial score (nSPS) is 19.8. The predicted octanol–water partition coefficient (Wildman–Crippen LogP) is 4.25. The van der Waals surface area contributed by atoms with Crippen molar-refractivity contribution in [3.05, 3.63) is 56.9 Å². The second-order valence-corrected chi connectivity index (χ2v) is 10.7. The Hall–Kier alpha value is -3.84. The van der Waals surface area contributed by atoms with Crippen LogP contribution in [-0.2, 0) is 18.4 Å². The summed E-state index contributed by atoms with van der Waals surface area (Å²) in [5.74, 6) is 2.13. The Morgan fingerprint density at radius 1 is 1.13 bits per heavy atom. The van der Waals surface area contributed by atoms with Crippen LogP contribution < -0.4 is 14.4 Å². The first kappa shape index (κ1) is 25.4. The highest BCUT2D eigenvalue weighted by Gasteiger charge is 2.27. The van der Waals surface area contributed by atoms with Crippen LogP contribution in [-0.4, -0.2) is 61.8 Å². The van der Waals surface area contributed by atoms with Crippen LogP contribution in [0.3, 0.4) is 0 Å². The van der Waals surface area contributed by atoms with E-state index in [0.29, 0.717) is 36.5 Å². The van der Waals surface area contributed by atoms with Gasteiger partial charge in [-0.15, -0.1) is 11.3 Å². The van der Waals surface area contributed by atoms with Gasteiger partial charge in [0.05, 0.1) is 42.4 Å². The molecule has 2 aliphatic rings. The molecule has 12 nitrogen and oxygen atoms in total. The van der Waals surface area contributed by atoms with Crippen molar-refractivity contribution in [3.8, 4) is 11.6 Å². The molecule has 0 unspecified atom stereocenters. The molecule has 204 valence electrons. The summed E-state index contributed by atoms with van der Waals surface area (Å²) in [6.45, 7) is 2.94. The van der Waals surface area contributed by atoms with E-state index in [1.165, 1.54) is 15.8 Å². The van der Waals surface area contributed by atoms with Gasteiger partial charge >= 0.3 is 5.95 Å². The smallest absolute Gasteiger partial charge is 0.434 e. The molecule has 0 N–H and O–H groups in total. The van der Waals surface area contributed by atoms with Crippen LogP contribution in [0.15, 0.2) is 36.1 Å². The summed E-state index contributed by atoms with van der Waals surface area (Å²) in [7, 11) is 1.59. The SMILES string of the molecule is Cn1c(COc2cnc3cc(N4CCOCC4)nc(OC4CCC(c5nccs5)CC4)c3c2)cnc1[N+](=O)[O-]. The van der Waals surface area contributed by atoms with E-state index in [1.54, 1.807) is 24.6 Å². The average Bonchev–Trinajstić information content (AvgIpc) is 3.63. The lowest BCUT2D eigenvalue weighted by Gasteiger charge is -2.30. The zero-order valence-corrected chi connectivity index (χ0v) is 22.4. The molecule has 1 saturated carbocycles. The van der Waals surface area contributed by atoms with Crippen molar-refractivity contribution in [1.82, 2.24) is 24.5 Å². The first-order valence-electron chi connectivity index (χ1n) is 13.0. The van der Waals surface area contributed by atoms with Crippen molar-refractivity contribution >= 4 is 34.0 Å². The third-order valence-electron chi connectivity index (χ3n) is 7.30. The monoisotopic (exact) mass is 551 g/mol. The van der Waals surface area contributed by atoms with Crippen LogP contribution in [0, 0.1) is 10.1 Å². The van der Waals surface area contributed by atoms with Crippen LogP contribution in [0.4, 0.5) is 11.8 Å². The molecule has 0 radical (unpaired) electrons. The van der Waals surface area contributed by atoms with Crippen molar-refractivity contribution in [2.45, 2.75) is 44.3 Å². The molecule has 4 aromatic rings. The quantitative estimate of drug-likeness (QED) is 0.231. The highest BCUT2D eigenvalue weighted by atomic mass is 32.1. The second-order valence-electron chi connectivity index (χ2n) is 9.74. The minimum absolute atomic E-state index is 0.0522. The number of nitro groups is 1. The lowest BCUT2D eigenvalue weighted by atomic mass is 9.88. The van der Waals surface area contributed by atoms with Gasteiger partial charge in [-0.1, -0.05) is 4.98 Å². The lowest BCUT2D eigenvalue weighted by molar-refractivity contribution is -0.396. The number of hydrogen-bond acceptors (Lipinski definition) is 11. The molecule has 0 aromatic carbocycles. The van der Waals surface area contributed by atoms with Gasteiger partial charge in [-0.25, -0.2) is 9.55 Å². The topological polar surface area (TPSA) is 131 Å². The van der Waals surface area contributed by atoms with Gasteiger partial charge in [0.15, 0.2) is 5.69 Å². The van der Waals surface area contributed by atoms with Gasteiger partial charge in [-0.05, 0) is 36.7 Å². The zero-order chi connectivity index (χ0) is 26.8. The number of imidazole rings is 1. The fourth-order valence-electron chi connectivity index (χ4n) is 5.10. The van der Waals surface area contributed by atoms with Crippen LogP contribution in [0.2, 0.25) is 0 Å². The number of thiazole rings is 1. The van der Waals surface area contributed by atoms with Gasteiger partial charge < -0.3 is 29.2 Å². The van der Waals surface area contributed by atoms with Crippen LogP contribution in [0.5, 0.6) is 11.6 Å². The maximum Gasteiger partial charge on any atom is 0.434 e. The van der Waals surface area contributed by atoms with E-state index in [4.69, 9.17) is 19.2 Å². The number of anilines is 1. The molecule has 1 aliphatic heterocycles. The van der Waals surface area contributed by atoms with Gasteiger partial charge in [-0.3, -0.25) is 4.98 Å². The number of nitrogens with zero attached hydrogens (tertiary/aromatic N) is 7. The van der Waals surface area contributed by atoms with E-state index in [2.05, 4.69) is 19.9 Å². The Bertz CT molecular complexity index is 1450. The third kappa shape index (κ3) is 5.50. The molecule has 5 heterocycles. The number of fused-ring (bicyclic) bond motifs is 1. The summed E-state index contributed by atoms with van der Waals surface area (Å²) >= 11 is 1.72. The minimum Gasteiger partial charge on any atom is -0.484 e. The van der Waals surface area contributed by atoms with E-state index >= 15 is 0 Å². The van der Waals surface area contributed by atoms with E-state index in [0.717, 1.165) is 55.5 Å². The Balaban J connectivity index is 1.24. The van der Waals surface area contributed by atoms with Crippen LogP contribution in [0.1, 0.15) is 42.3 Å². The highest BCUT2D eigenvalue weighted by molar-refractivity contribution is 7.09. The Kier molecular flexibility index (Phi) is 7.24. The van der Waals surface area contributed by atoms with E-state index in [-0.39, 0.29) is 18.7 Å². The van der Waals surface area contributed by atoms with Crippen molar-refractivity contribution in [1.29, 1.82) is 0 Å². The van der Waals surface area contributed by atoms with Crippen LogP contribution in [0.25, 0.3) is 10.9 Å². The average molecular weight is 552 g/mol. The van der Waals surface area contributed by atoms with Gasteiger partial charge in [0.2, 0.25) is 5.88 Å². The van der Waals surface area contributed by atoms with Crippen molar-refractivity contribution in [3.63, 3.8) is 0 Å². The number of pyridine rings is 2. The highest BCUT2D eigenvalue weighted by Crippen LogP contribution is 2.37. The molecular formula is C26H29N7O5S. The molecule has 0 spiro atoms. The Labute approximate surface area is 228 Å². The molecule has 0 amide bonds. The first-order chi connectivity index (χ1) is 19.0. The molecule has 39 heavy (non-hydrogen) atoms. The molecule has 0 atom stereocenters. The molecule has 1 aliphatic carbocycles. The van der Waals surface area contributed by atoms with E-state index in [1.807, 2.05) is 23.7 Å². The Morgan fingerprint density at radius 3 is 2.67 bits per heavy atom. The number of rotatable bonds is 8. The molecule has 6 rings (SSSR count). The summed E-state index contributed by atoms with van der Waals surface area (Å²) in [5.41, 5.74) is 1.34. The van der Waals surface area contributed by atoms with Gasteiger partial charge in [0, 0.05) is 36.7 Å². The molecular weight excluding hydrogens is 522 g/mol. The lowest BCUT2D eigenvalue weighted by Crippen LogP contribution is -2.36. The Morgan fingerprint density at radius 2 is 1.95 bits per heavy atom. The largest absolute Gasteiger partial charge is 0.484 e. The fraction of sp³-hybridized carbons (Fsp3) is 0.462. The van der Waals surface area contributed by atoms with Gasteiger partial charge in [-0.2, -0.15) is 4.98 Å². The number of morpholine rings is 1. The first-order valence-corrected chi connectivity index (χ1v) is 13.9. The summed E-state index contributed by atoms with van der Waals surface area (Å²) in [6, 6.07) is 3.85. The van der Waals surface area contributed by atoms with Gasteiger partial charge in [0.25, 0.3) is 0 Å². The van der Waals surface area contributed by atoms with Crippen molar-refractivity contribution in [2.75, 3.05) is 31.2 Å². The van der Waals surface area contributed by atoms with Gasteiger partial charge in [0.1, 0.15) is 30.5 Å². The molecule has 4 aromatic heterocycles. The molecule has 1 saturated heterocycles. The molecule has 13 heteroatoms. The summed E-state index contributed by atoms with van der Waals surface area (Å²) in [6.07, 6.45) is 8.94. The zero-order valence-electron chi connectivity index (χ0n) is 21.6. The third-order valence-corrected chi connectivity index (χ3v) is 8.24. The second kappa shape index (κ2) is 11.1. The molecule has 2 fully saturated rings. The summed E-state index contributed by atoms with van der Waals surface area (Å²) in [5, 5.41) is 15.1. The maximum absolute atomic E-state index is 11.1. The molecule has 0 bridgehead atoms. The van der Waals surface area contributed by atoms with E-state index in [9.17, 15) is 10.1 Å². The minimum atomic E-state index is -0.521. The summed E-state index contributed by atoms with van der Waals surface area (Å²) in [4.78, 5) is 30.7.